The van der Waals surface area contributed by atoms with E-state index in [0.717, 1.165) is 18.4 Å². The zero-order valence-electron chi connectivity index (χ0n) is 10.9. The molecule has 0 saturated carbocycles. The molecule has 0 aromatic rings. The average molecular weight is 210 g/mol. The maximum Gasteiger partial charge on any atom is 0.130 e. The van der Waals surface area contributed by atoms with Gasteiger partial charge in [0, 0.05) is 0 Å². The molecule has 0 spiro atoms. The van der Waals surface area contributed by atoms with Crippen LogP contribution in [0.15, 0.2) is 22.8 Å². The summed E-state index contributed by atoms with van der Waals surface area (Å²) in [5.74, 6) is 0. The normalized spacial score (nSPS) is 19.3. The second-order valence-corrected chi connectivity index (χ2v) is 6.11. The molecule has 0 amide bonds. The van der Waals surface area contributed by atoms with Crippen LogP contribution in [0.5, 0.6) is 0 Å². The van der Waals surface area contributed by atoms with E-state index in [2.05, 4.69) is 27.7 Å². The van der Waals surface area contributed by atoms with Gasteiger partial charge in [-0.1, -0.05) is 38.0 Å². The molecule has 1 aliphatic carbocycles. The number of halogens is 1. The van der Waals surface area contributed by atoms with Gasteiger partial charge in [-0.25, -0.2) is 4.39 Å². The van der Waals surface area contributed by atoms with E-state index in [-0.39, 0.29) is 5.41 Å². The van der Waals surface area contributed by atoms with Crippen molar-refractivity contribution in [1.82, 2.24) is 0 Å². The Balaban J connectivity index is 3.27. The summed E-state index contributed by atoms with van der Waals surface area (Å²) >= 11 is 0. The number of rotatable bonds is 1. The lowest BCUT2D eigenvalue weighted by Gasteiger charge is -2.33. The van der Waals surface area contributed by atoms with E-state index in [4.69, 9.17) is 0 Å². The molecule has 0 aromatic heterocycles. The van der Waals surface area contributed by atoms with Crippen LogP contribution in [0.25, 0.3) is 0 Å². The molecular formula is C14H23F. The Morgan fingerprint density at radius 2 is 1.60 bits per heavy atom. The van der Waals surface area contributed by atoms with E-state index < -0.39 is 5.67 Å². The van der Waals surface area contributed by atoms with Crippen molar-refractivity contribution < 1.29 is 4.39 Å². The maximum atomic E-state index is 14.1. The van der Waals surface area contributed by atoms with E-state index in [9.17, 15) is 4.39 Å². The predicted molar refractivity (Wildman–Crippen MR) is 64.7 cm³/mol. The first-order valence-electron chi connectivity index (χ1n) is 5.72. The van der Waals surface area contributed by atoms with Crippen molar-refractivity contribution in [3.8, 4) is 0 Å². The predicted octanol–water partition coefficient (Wildman–Crippen LogP) is 4.82. The first kappa shape index (κ1) is 12.5. The quantitative estimate of drug-likeness (QED) is 0.582. The summed E-state index contributed by atoms with van der Waals surface area (Å²) in [6.07, 6.45) is 4.13. The highest BCUT2D eigenvalue weighted by molar-refractivity contribution is 5.40. The van der Waals surface area contributed by atoms with E-state index in [1.54, 1.807) is 13.8 Å². The van der Waals surface area contributed by atoms with Gasteiger partial charge in [-0.15, -0.1) is 0 Å². The summed E-state index contributed by atoms with van der Waals surface area (Å²) in [5, 5.41) is 0. The molecule has 86 valence electrons. The minimum absolute atomic E-state index is 0.0793. The van der Waals surface area contributed by atoms with Crippen molar-refractivity contribution in [2.75, 3.05) is 0 Å². The molecule has 0 atom stereocenters. The summed E-state index contributed by atoms with van der Waals surface area (Å²) in [6.45, 7) is 11.9. The summed E-state index contributed by atoms with van der Waals surface area (Å²) in [5.41, 5.74) is 2.34. The van der Waals surface area contributed by atoms with E-state index in [0.29, 0.717) is 0 Å². The fourth-order valence-corrected chi connectivity index (χ4v) is 2.17. The van der Waals surface area contributed by atoms with Gasteiger partial charge >= 0.3 is 0 Å². The zero-order valence-corrected chi connectivity index (χ0v) is 10.9. The molecule has 0 bridgehead atoms. The van der Waals surface area contributed by atoms with Crippen molar-refractivity contribution in [2.45, 2.75) is 60.1 Å². The Morgan fingerprint density at radius 1 is 1.07 bits per heavy atom. The van der Waals surface area contributed by atoms with Gasteiger partial charge in [0.15, 0.2) is 0 Å². The highest BCUT2D eigenvalue weighted by atomic mass is 19.1. The molecule has 0 N–H and O–H groups in total. The van der Waals surface area contributed by atoms with E-state index >= 15 is 0 Å². The zero-order chi connectivity index (χ0) is 11.9. The first-order chi connectivity index (χ1) is 6.62. The van der Waals surface area contributed by atoms with Crippen LogP contribution in [0.1, 0.15) is 54.4 Å². The maximum absolute atomic E-state index is 14.1. The minimum atomic E-state index is -1.22. The Kier molecular flexibility index (Phi) is 3.14. The van der Waals surface area contributed by atoms with Crippen LogP contribution in [0.4, 0.5) is 4.39 Å². The smallest absolute Gasteiger partial charge is 0.130 e. The fraction of sp³-hybridized carbons (Fsp3) is 0.714. The molecule has 1 rings (SSSR count). The van der Waals surface area contributed by atoms with E-state index in [1.165, 1.54) is 11.1 Å². The van der Waals surface area contributed by atoms with Crippen molar-refractivity contribution in [3.05, 3.63) is 22.8 Å². The second-order valence-electron chi connectivity index (χ2n) is 6.11. The topological polar surface area (TPSA) is 0 Å². The largest absolute Gasteiger partial charge is 0.239 e. The molecule has 15 heavy (non-hydrogen) atoms. The monoisotopic (exact) mass is 210 g/mol. The van der Waals surface area contributed by atoms with Crippen LogP contribution >= 0.6 is 0 Å². The Labute approximate surface area is 93.3 Å². The SMILES string of the molecule is CC1=CC(C(C)(C)F)=C(C(C)(C)C)CC1. The van der Waals surface area contributed by atoms with Crippen LogP contribution in [0, 0.1) is 5.41 Å². The summed E-state index contributed by atoms with van der Waals surface area (Å²) in [4.78, 5) is 0. The summed E-state index contributed by atoms with van der Waals surface area (Å²) in [6, 6.07) is 0. The molecule has 0 heterocycles. The van der Waals surface area contributed by atoms with Crippen LogP contribution in [-0.4, -0.2) is 5.67 Å². The van der Waals surface area contributed by atoms with E-state index in [1.807, 2.05) is 6.08 Å². The molecule has 0 saturated heterocycles. The van der Waals surface area contributed by atoms with Crippen LogP contribution < -0.4 is 0 Å². The molecule has 0 nitrogen and oxygen atoms in total. The lowest BCUT2D eigenvalue weighted by atomic mass is 9.74. The van der Waals surface area contributed by atoms with Gasteiger partial charge in [0.05, 0.1) is 0 Å². The number of alkyl halides is 1. The number of hydrogen-bond donors (Lipinski definition) is 0. The van der Waals surface area contributed by atoms with Crippen molar-refractivity contribution >= 4 is 0 Å². The fourth-order valence-electron chi connectivity index (χ4n) is 2.17. The summed E-state index contributed by atoms with van der Waals surface area (Å²) < 4.78 is 14.1. The Bertz CT molecular complexity index is 305. The molecule has 0 aliphatic heterocycles. The van der Waals surface area contributed by atoms with Crippen LogP contribution in [0.2, 0.25) is 0 Å². The van der Waals surface area contributed by atoms with Crippen molar-refractivity contribution in [3.63, 3.8) is 0 Å². The first-order valence-corrected chi connectivity index (χ1v) is 5.72. The third-order valence-electron chi connectivity index (χ3n) is 3.03. The lowest BCUT2D eigenvalue weighted by molar-refractivity contribution is 0.264. The standard InChI is InChI=1S/C14H23F/c1-10-7-8-11(13(2,3)4)12(9-10)14(5,6)15/h9H,7-8H2,1-6H3. The third-order valence-corrected chi connectivity index (χ3v) is 3.03. The molecule has 0 aromatic carbocycles. The molecule has 0 fully saturated rings. The van der Waals surface area contributed by atoms with Gasteiger partial charge in [-0.2, -0.15) is 0 Å². The van der Waals surface area contributed by atoms with Gasteiger partial charge in [0.2, 0.25) is 0 Å². The molecule has 0 unspecified atom stereocenters. The van der Waals surface area contributed by atoms with Crippen molar-refractivity contribution in [2.24, 2.45) is 5.41 Å². The summed E-state index contributed by atoms with van der Waals surface area (Å²) in [7, 11) is 0. The second kappa shape index (κ2) is 3.77. The van der Waals surface area contributed by atoms with Crippen LogP contribution in [0.3, 0.4) is 0 Å². The van der Waals surface area contributed by atoms with Crippen molar-refractivity contribution in [1.29, 1.82) is 0 Å². The highest BCUT2D eigenvalue weighted by Gasteiger charge is 2.31. The third kappa shape index (κ3) is 2.93. The van der Waals surface area contributed by atoms with Gasteiger partial charge in [-0.3, -0.25) is 0 Å². The number of allylic oxidation sites excluding steroid dienone is 4. The van der Waals surface area contributed by atoms with Gasteiger partial charge < -0.3 is 0 Å². The Morgan fingerprint density at radius 3 is 2.00 bits per heavy atom. The Hall–Kier alpha value is -0.590. The van der Waals surface area contributed by atoms with Gasteiger partial charge in [0.1, 0.15) is 5.67 Å². The number of hydrogen-bond acceptors (Lipinski definition) is 0. The molecule has 1 aliphatic rings. The van der Waals surface area contributed by atoms with Gasteiger partial charge in [-0.05, 0) is 44.6 Å². The molecule has 1 heteroatoms. The van der Waals surface area contributed by atoms with Crippen LogP contribution in [-0.2, 0) is 0 Å². The minimum Gasteiger partial charge on any atom is -0.239 e. The molecule has 0 radical (unpaired) electrons. The highest BCUT2D eigenvalue weighted by Crippen LogP contribution is 2.41. The van der Waals surface area contributed by atoms with Gasteiger partial charge in [0.25, 0.3) is 0 Å². The lowest BCUT2D eigenvalue weighted by Crippen LogP contribution is -2.24. The molecular weight excluding hydrogens is 187 g/mol. The average Bonchev–Trinajstić information content (AvgIpc) is 2.00.